The van der Waals surface area contributed by atoms with Gasteiger partial charge < -0.3 is 10.0 Å². The minimum absolute atomic E-state index is 0.0660. The zero-order valence-electron chi connectivity index (χ0n) is 16.1. The molecule has 1 fully saturated rings. The lowest BCUT2D eigenvalue weighted by Crippen LogP contribution is -2.34. The zero-order valence-corrected chi connectivity index (χ0v) is 16.1. The van der Waals surface area contributed by atoms with Crippen LogP contribution in [0, 0.1) is 0 Å². The van der Waals surface area contributed by atoms with Crippen LogP contribution in [-0.4, -0.2) is 43.8 Å². The summed E-state index contributed by atoms with van der Waals surface area (Å²) in [6.07, 6.45) is 2.08. The number of rotatable bonds is 4. The first-order chi connectivity index (χ1) is 13.5. The van der Waals surface area contributed by atoms with Crippen molar-refractivity contribution in [2.24, 2.45) is 0 Å². The molecular formula is C22H24N4O2. The van der Waals surface area contributed by atoms with Crippen LogP contribution in [0.2, 0.25) is 0 Å². The first-order valence-corrected chi connectivity index (χ1v) is 9.55. The number of β-amino-alcohol motifs (C(OH)–C–C–N with tert-alkyl or cyclic N) is 1. The predicted octanol–water partition coefficient (Wildman–Crippen LogP) is 3.26. The van der Waals surface area contributed by atoms with Crippen molar-refractivity contribution in [3.05, 3.63) is 72.1 Å². The normalized spacial score (nSPS) is 19.4. The SMILES string of the molecule is CC(C)n1ncnc1-c1ccc(C(=O)N2CC[C@@](O)(c3ccccc3)C2)cc1. The van der Waals surface area contributed by atoms with Gasteiger partial charge in [-0.1, -0.05) is 42.5 Å². The minimum atomic E-state index is -0.982. The molecule has 0 unspecified atom stereocenters. The number of carbonyl (C=O) groups is 1. The number of aromatic nitrogens is 3. The van der Waals surface area contributed by atoms with Gasteiger partial charge in [0.1, 0.15) is 11.9 Å². The van der Waals surface area contributed by atoms with Gasteiger partial charge in [0.15, 0.2) is 5.82 Å². The van der Waals surface area contributed by atoms with Crippen LogP contribution in [0.25, 0.3) is 11.4 Å². The van der Waals surface area contributed by atoms with Crippen LogP contribution in [0.3, 0.4) is 0 Å². The van der Waals surface area contributed by atoms with Gasteiger partial charge in [-0.3, -0.25) is 4.79 Å². The molecule has 1 aromatic heterocycles. The van der Waals surface area contributed by atoms with Gasteiger partial charge in [-0.05, 0) is 38.0 Å². The molecule has 28 heavy (non-hydrogen) atoms. The van der Waals surface area contributed by atoms with E-state index in [9.17, 15) is 9.90 Å². The van der Waals surface area contributed by atoms with E-state index in [0.717, 1.165) is 17.0 Å². The Hall–Kier alpha value is -2.99. The molecule has 0 aliphatic carbocycles. The van der Waals surface area contributed by atoms with E-state index in [1.54, 1.807) is 11.2 Å². The van der Waals surface area contributed by atoms with E-state index in [-0.39, 0.29) is 11.9 Å². The van der Waals surface area contributed by atoms with E-state index in [0.29, 0.717) is 25.1 Å². The number of hydrogen-bond acceptors (Lipinski definition) is 4. The first-order valence-electron chi connectivity index (χ1n) is 9.55. The first kappa shape index (κ1) is 18.4. The molecule has 3 aromatic rings. The largest absolute Gasteiger partial charge is 0.383 e. The van der Waals surface area contributed by atoms with Gasteiger partial charge in [0.05, 0.1) is 6.54 Å². The lowest BCUT2D eigenvalue weighted by molar-refractivity contribution is 0.0417. The molecule has 6 nitrogen and oxygen atoms in total. The Morgan fingerprint density at radius 2 is 1.82 bits per heavy atom. The fraction of sp³-hybridized carbons (Fsp3) is 0.318. The molecule has 0 saturated carbocycles. The van der Waals surface area contributed by atoms with Crippen LogP contribution in [0.15, 0.2) is 60.9 Å². The molecule has 1 N–H and O–H groups in total. The van der Waals surface area contributed by atoms with Crippen LogP contribution in [0.5, 0.6) is 0 Å². The number of hydrogen-bond donors (Lipinski definition) is 1. The zero-order chi connectivity index (χ0) is 19.7. The summed E-state index contributed by atoms with van der Waals surface area (Å²) in [7, 11) is 0. The maximum Gasteiger partial charge on any atom is 0.253 e. The van der Waals surface area contributed by atoms with Crippen LogP contribution in [0.4, 0.5) is 0 Å². The molecule has 144 valence electrons. The summed E-state index contributed by atoms with van der Waals surface area (Å²) in [5, 5.41) is 15.2. The highest BCUT2D eigenvalue weighted by Gasteiger charge is 2.39. The Balaban J connectivity index is 1.51. The van der Waals surface area contributed by atoms with Crippen molar-refractivity contribution < 1.29 is 9.90 Å². The highest BCUT2D eigenvalue weighted by atomic mass is 16.3. The van der Waals surface area contributed by atoms with Crippen LogP contribution >= 0.6 is 0 Å². The Labute approximate surface area is 164 Å². The van der Waals surface area contributed by atoms with E-state index >= 15 is 0 Å². The molecule has 1 aliphatic heterocycles. The molecule has 0 spiro atoms. The molecule has 4 rings (SSSR count). The van der Waals surface area contributed by atoms with Crippen LogP contribution in [-0.2, 0) is 5.60 Å². The summed E-state index contributed by atoms with van der Waals surface area (Å²) in [5.74, 6) is 0.720. The van der Waals surface area contributed by atoms with E-state index < -0.39 is 5.60 Å². The second-order valence-corrected chi connectivity index (χ2v) is 7.57. The summed E-state index contributed by atoms with van der Waals surface area (Å²) < 4.78 is 1.86. The van der Waals surface area contributed by atoms with Crippen molar-refractivity contribution in [3.8, 4) is 11.4 Å². The third-order valence-corrected chi connectivity index (χ3v) is 5.30. The van der Waals surface area contributed by atoms with Gasteiger partial charge in [-0.15, -0.1) is 0 Å². The highest BCUT2D eigenvalue weighted by molar-refractivity contribution is 5.95. The number of amides is 1. The van der Waals surface area contributed by atoms with Gasteiger partial charge in [0.25, 0.3) is 5.91 Å². The lowest BCUT2D eigenvalue weighted by atomic mass is 9.93. The molecule has 0 bridgehead atoms. The molecule has 1 aliphatic rings. The highest BCUT2D eigenvalue weighted by Crippen LogP contribution is 2.32. The van der Waals surface area contributed by atoms with Gasteiger partial charge in [-0.2, -0.15) is 5.10 Å². The summed E-state index contributed by atoms with van der Waals surface area (Å²) in [4.78, 5) is 19.0. The maximum atomic E-state index is 12.9. The quantitative estimate of drug-likeness (QED) is 0.759. The lowest BCUT2D eigenvalue weighted by Gasteiger charge is -2.24. The third kappa shape index (κ3) is 3.31. The van der Waals surface area contributed by atoms with Gasteiger partial charge >= 0.3 is 0 Å². The monoisotopic (exact) mass is 376 g/mol. The summed E-state index contributed by atoms with van der Waals surface area (Å²) in [5.41, 5.74) is 1.40. The number of carbonyl (C=O) groups excluding carboxylic acids is 1. The molecule has 1 amide bonds. The average molecular weight is 376 g/mol. The van der Waals surface area contributed by atoms with Crippen molar-refractivity contribution in [1.82, 2.24) is 19.7 Å². The summed E-state index contributed by atoms with van der Waals surface area (Å²) in [6, 6.07) is 17.2. The molecular weight excluding hydrogens is 352 g/mol. The van der Waals surface area contributed by atoms with E-state index in [1.807, 2.05) is 59.3 Å². The van der Waals surface area contributed by atoms with Crippen molar-refractivity contribution in [2.75, 3.05) is 13.1 Å². The van der Waals surface area contributed by atoms with Gasteiger partial charge in [0.2, 0.25) is 0 Å². The average Bonchev–Trinajstić information content (AvgIpc) is 3.36. The number of aliphatic hydroxyl groups is 1. The Kier molecular flexibility index (Phi) is 4.73. The summed E-state index contributed by atoms with van der Waals surface area (Å²) in [6.45, 7) is 4.95. The second kappa shape index (κ2) is 7.20. The predicted molar refractivity (Wildman–Crippen MR) is 107 cm³/mol. The van der Waals surface area contributed by atoms with E-state index in [2.05, 4.69) is 23.9 Å². The minimum Gasteiger partial charge on any atom is -0.383 e. The van der Waals surface area contributed by atoms with E-state index in [4.69, 9.17) is 0 Å². The molecule has 2 aromatic carbocycles. The van der Waals surface area contributed by atoms with Gasteiger partial charge in [-0.25, -0.2) is 9.67 Å². The van der Waals surface area contributed by atoms with Crippen molar-refractivity contribution in [1.29, 1.82) is 0 Å². The number of likely N-dealkylation sites (tertiary alicyclic amines) is 1. The Morgan fingerprint density at radius 3 is 2.50 bits per heavy atom. The van der Waals surface area contributed by atoms with Crippen molar-refractivity contribution in [2.45, 2.75) is 31.9 Å². The third-order valence-electron chi connectivity index (χ3n) is 5.30. The van der Waals surface area contributed by atoms with Gasteiger partial charge in [0, 0.05) is 23.7 Å². The molecule has 1 saturated heterocycles. The summed E-state index contributed by atoms with van der Waals surface area (Å²) >= 11 is 0. The fourth-order valence-electron chi connectivity index (χ4n) is 3.73. The smallest absolute Gasteiger partial charge is 0.253 e. The second-order valence-electron chi connectivity index (χ2n) is 7.57. The standard InChI is InChI=1S/C22H24N4O2/c1-16(2)26-20(23-15-24-26)17-8-10-18(11-9-17)21(27)25-13-12-22(28,14-25)19-6-4-3-5-7-19/h3-11,15-16,28H,12-14H2,1-2H3/t22-/m0/s1. The van der Waals surface area contributed by atoms with Crippen LogP contribution in [0.1, 0.15) is 42.2 Å². The molecule has 0 radical (unpaired) electrons. The number of nitrogens with zero attached hydrogens (tertiary/aromatic N) is 4. The van der Waals surface area contributed by atoms with Crippen molar-refractivity contribution in [3.63, 3.8) is 0 Å². The topological polar surface area (TPSA) is 71.2 Å². The number of benzene rings is 2. The van der Waals surface area contributed by atoms with Crippen molar-refractivity contribution >= 4 is 5.91 Å². The Morgan fingerprint density at radius 1 is 1.11 bits per heavy atom. The molecule has 6 heteroatoms. The Bertz CT molecular complexity index is 966. The molecule has 1 atom stereocenters. The maximum absolute atomic E-state index is 12.9. The fourth-order valence-corrected chi connectivity index (χ4v) is 3.73. The van der Waals surface area contributed by atoms with E-state index in [1.165, 1.54) is 0 Å². The molecule has 2 heterocycles. The van der Waals surface area contributed by atoms with Crippen LogP contribution < -0.4 is 0 Å².